The van der Waals surface area contributed by atoms with Crippen LogP contribution >= 0.6 is 0 Å². The molecule has 2 aliphatic rings. The van der Waals surface area contributed by atoms with Crippen molar-refractivity contribution in [3.8, 4) is 11.8 Å². The van der Waals surface area contributed by atoms with Crippen molar-refractivity contribution < 1.29 is 27.8 Å². The molecule has 1 heterocycles. The van der Waals surface area contributed by atoms with E-state index in [0.717, 1.165) is 24.7 Å². The Morgan fingerprint density at radius 3 is 2.45 bits per heavy atom. The van der Waals surface area contributed by atoms with Crippen molar-refractivity contribution >= 4 is 5.97 Å². The van der Waals surface area contributed by atoms with E-state index in [1.165, 1.54) is 0 Å². The van der Waals surface area contributed by atoms with Crippen LogP contribution in [0.2, 0.25) is 0 Å². The van der Waals surface area contributed by atoms with Gasteiger partial charge in [-0.3, -0.25) is 9.69 Å². The molecule has 2 unspecified atom stereocenters. The number of carbonyl (C=O) groups is 1. The maximum absolute atomic E-state index is 13.8. The lowest BCUT2D eigenvalue weighted by Crippen LogP contribution is -2.33. The number of halogens is 3. The molecule has 0 bridgehead atoms. The summed E-state index contributed by atoms with van der Waals surface area (Å²) in [4.78, 5) is 13.0. The number of ether oxygens (including phenoxy) is 1. The molecule has 0 spiro atoms. The Bertz CT molecular complexity index is 1050. The standard InChI is InChI=1S/C24H24F3N3O3/c25-20-9-22(27)21(26)8-16(20)11-30-12-18-19(13-30)23(18)29-5-6-33-17-3-1-14(2-4-17)7-15(10-28)24(31)32/h1-4,8-9,15,18-19,23,29H,5-7,11-13H2,(H,31,32)/t15?,18-,19+,23?. The van der Waals surface area contributed by atoms with Gasteiger partial charge >= 0.3 is 5.97 Å². The van der Waals surface area contributed by atoms with Crippen molar-refractivity contribution in [3.63, 3.8) is 0 Å². The third-order valence-corrected chi connectivity index (χ3v) is 6.32. The van der Waals surface area contributed by atoms with Crippen LogP contribution in [-0.2, 0) is 17.8 Å². The van der Waals surface area contributed by atoms with E-state index in [4.69, 9.17) is 15.1 Å². The van der Waals surface area contributed by atoms with Gasteiger partial charge < -0.3 is 15.2 Å². The first-order chi connectivity index (χ1) is 15.9. The quantitative estimate of drug-likeness (QED) is 0.420. The van der Waals surface area contributed by atoms with Crippen LogP contribution in [0.25, 0.3) is 0 Å². The summed E-state index contributed by atoms with van der Waals surface area (Å²) in [5.74, 6) is -3.54. The Morgan fingerprint density at radius 2 is 1.82 bits per heavy atom. The third-order valence-electron chi connectivity index (χ3n) is 6.32. The number of rotatable bonds is 10. The van der Waals surface area contributed by atoms with Gasteiger partial charge in [-0.1, -0.05) is 12.1 Å². The number of hydrogen-bond acceptors (Lipinski definition) is 5. The minimum absolute atomic E-state index is 0.151. The fourth-order valence-corrected chi connectivity index (χ4v) is 4.51. The Hall–Kier alpha value is -3.09. The zero-order valence-corrected chi connectivity index (χ0v) is 17.8. The highest BCUT2D eigenvalue weighted by Crippen LogP contribution is 2.45. The van der Waals surface area contributed by atoms with Crippen LogP contribution < -0.4 is 10.1 Å². The van der Waals surface area contributed by atoms with Crippen molar-refractivity contribution in [2.45, 2.75) is 19.0 Å². The van der Waals surface area contributed by atoms with Crippen molar-refractivity contribution in [1.29, 1.82) is 5.26 Å². The molecule has 4 rings (SSSR count). The summed E-state index contributed by atoms with van der Waals surface area (Å²) in [5.41, 5.74) is 0.929. The van der Waals surface area contributed by atoms with Gasteiger partial charge in [0.25, 0.3) is 0 Å². The summed E-state index contributed by atoms with van der Waals surface area (Å²) in [6, 6.07) is 10.7. The molecule has 0 amide bonds. The zero-order chi connectivity index (χ0) is 23.5. The van der Waals surface area contributed by atoms with E-state index < -0.39 is 29.3 Å². The number of nitrogens with one attached hydrogen (secondary N) is 1. The van der Waals surface area contributed by atoms with E-state index in [0.29, 0.717) is 42.8 Å². The predicted octanol–water partition coefficient (Wildman–Crippen LogP) is 2.97. The number of carboxylic acid groups (broad SMARTS) is 1. The molecule has 4 atom stereocenters. The van der Waals surface area contributed by atoms with Crippen LogP contribution in [0.3, 0.4) is 0 Å². The van der Waals surface area contributed by atoms with Crippen LogP contribution in [0.5, 0.6) is 5.75 Å². The minimum Gasteiger partial charge on any atom is -0.492 e. The number of likely N-dealkylation sites (tertiary alicyclic amines) is 1. The topological polar surface area (TPSA) is 85.6 Å². The van der Waals surface area contributed by atoms with E-state index in [-0.39, 0.29) is 18.5 Å². The molecule has 1 aliphatic carbocycles. The predicted molar refractivity (Wildman–Crippen MR) is 113 cm³/mol. The van der Waals surface area contributed by atoms with Gasteiger partial charge in [0.1, 0.15) is 24.1 Å². The maximum atomic E-state index is 13.8. The van der Waals surface area contributed by atoms with Gasteiger partial charge in [0.15, 0.2) is 11.6 Å². The SMILES string of the molecule is N#CC(Cc1ccc(OCCNC2[C@H]3CN(Cc4cc(F)c(F)cc4F)C[C@@H]23)cc1)C(=O)O. The van der Waals surface area contributed by atoms with Crippen molar-refractivity contribution in [2.75, 3.05) is 26.2 Å². The third kappa shape index (κ3) is 5.46. The van der Waals surface area contributed by atoms with Crippen molar-refractivity contribution in [2.24, 2.45) is 17.8 Å². The molecular formula is C24H24F3N3O3. The number of aliphatic carboxylic acids is 1. The van der Waals surface area contributed by atoms with Gasteiger partial charge in [0, 0.05) is 43.9 Å². The average Bonchev–Trinajstić information content (AvgIpc) is 3.23. The summed E-state index contributed by atoms with van der Waals surface area (Å²) in [6.07, 6.45) is 0.151. The van der Waals surface area contributed by atoms with Crippen molar-refractivity contribution in [3.05, 3.63) is 65.0 Å². The molecule has 2 aromatic carbocycles. The second-order valence-corrected chi connectivity index (χ2v) is 8.58. The molecule has 6 nitrogen and oxygen atoms in total. The molecule has 2 aromatic rings. The van der Waals surface area contributed by atoms with Crippen molar-refractivity contribution in [1.82, 2.24) is 10.2 Å². The normalized spacial score (nSPS) is 22.4. The number of benzene rings is 2. The number of carboxylic acids is 1. The van der Waals surface area contributed by atoms with E-state index >= 15 is 0 Å². The van der Waals surface area contributed by atoms with Crippen LogP contribution in [0, 0.1) is 46.5 Å². The van der Waals surface area contributed by atoms with Gasteiger partial charge in [-0.15, -0.1) is 0 Å². The molecule has 0 radical (unpaired) electrons. The molecule has 2 fully saturated rings. The summed E-state index contributed by atoms with van der Waals surface area (Å²) >= 11 is 0. The van der Waals surface area contributed by atoms with E-state index in [1.807, 2.05) is 0 Å². The number of piperidine rings is 1. The molecule has 1 saturated carbocycles. The lowest BCUT2D eigenvalue weighted by atomic mass is 10.0. The second-order valence-electron chi connectivity index (χ2n) is 8.58. The molecule has 1 saturated heterocycles. The van der Waals surface area contributed by atoms with Crippen LogP contribution in [-0.4, -0.2) is 48.3 Å². The summed E-state index contributed by atoms with van der Waals surface area (Å²) < 4.78 is 46.0. The zero-order valence-electron chi connectivity index (χ0n) is 17.8. The first-order valence-corrected chi connectivity index (χ1v) is 10.8. The lowest BCUT2D eigenvalue weighted by molar-refractivity contribution is -0.139. The first kappa shape index (κ1) is 23.1. The molecule has 9 heteroatoms. The molecule has 0 aromatic heterocycles. The highest BCUT2D eigenvalue weighted by molar-refractivity contribution is 5.73. The second kappa shape index (κ2) is 9.81. The number of fused-ring (bicyclic) bond motifs is 1. The van der Waals surface area contributed by atoms with Gasteiger partial charge in [0.2, 0.25) is 0 Å². The van der Waals surface area contributed by atoms with Gasteiger partial charge in [-0.05, 0) is 42.0 Å². The monoisotopic (exact) mass is 459 g/mol. The van der Waals surface area contributed by atoms with Gasteiger partial charge in [-0.25, -0.2) is 13.2 Å². The molecule has 1 aliphatic heterocycles. The van der Waals surface area contributed by atoms with Gasteiger partial charge in [-0.2, -0.15) is 5.26 Å². The van der Waals surface area contributed by atoms with Crippen LogP contribution in [0.4, 0.5) is 13.2 Å². The Labute approximate surface area is 189 Å². The van der Waals surface area contributed by atoms with E-state index in [1.54, 1.807) is 30.3 Å². The smallest absolute Gasteiger partial charge is 0.321 e. The van der Waals surface area contributed by atoms with Crippen LogP contribution in [0.1, 0.15) is 11.1 Å². The molecule has 174 valence electrons. The largest absolute Gasteiger partial charge is 0.492 e. The fourth-order valence-electron chi connectivity index (χ4n) is 4.51. The molecule has 33 heavy (non-hydrogen) atoms. The number of hydrogen-bond donors (Lipinski definition) is 2. The molecular weight excluding hydrogens is 435 g/mol. The van der Waals surface area contributed by atoms with Crippen LogP contribution in [0.15, 0.2) is 36.4 Å². The number of nitriles is 1. The Morgan fingerprint density at radius 1 is 1.15 bits per heavy atom. The highest BCUT2D eigenvalue weighted by Gasteiger charge is 2.55. The first-order valence-electron chi connectivity index (χ1n) is 10.8. The summed E-state index contributed by atoms with van der Waals surface area (Å²) in [7, 11) is 0. The summed E-state index contributed by atoms with van der Waals surface area (Å²) in [5, 5.41) is 21.3. The number of nitrogens with zero attached hydrogens (tertiary/aromatic N) is 2. The lowest BCUT2D eigenvalue weighted by Gasteiger charge is -2.20. The minimum atomic E-state index is -1.17. The Kier molecular flexibility index (Phi) is 6.86. The summed E-state index contributed by atoms with van der Waals surface area (Å²) in [6.45, 7) is 2.96. The maximum Gasteiger partial charge on any atom is 0.321 e. The van der Waals surface area contributed by atoms with E-state index in [2.05, 4.69) is 10.2 Å². The fraction of sp³-hybridized carbons (Fsp3) is 0.417. The highest BCUT2D eigenvalue weighted by atomic mass is 19.2. The van der Waals surface area contributed by atoms with Gasteiger partial charge in [0.05, 0.1) is 6.07 Å². The Balaban J connectivity index is 1.14. The average molecular weight is 459 g/mol. The van der Waals surface area contributed by atoms with E-state index in [9.17, 15) is 18.0 Å². The molecule has 2 N–H and O–H groups in total.